The molecule has 0 heterocycles. The average molecular weight is 145 g/mol. The lowest BCUT2D eigenvalue weighted by Gasteiger charge is -1.99. The standard InChI is InChI=1S/C10H11N/c1-3-9-5-7-10(8-6-9)11-4-2/h2,5-8,11H,3H2,1H3. The van der Waals surface area contributed by atoms with Gasteiger partial charge in [0.2, 0.25) is 0 Å². The van der Waals surface area contributed by atoms with E-state index in [0.29, 0.717) is 0 Å². The van der Waals surface area contributed by atoms with Crippen molar-refractivity contribution < 1.29 is 0 Å². The lowest BCUT2D eigenvalue weighted by molar-refractivity contribution is 1.14. The number of hydrogen-bond donors (Lipinski definition) is 1. The van der Waals surface area contributed by atoms with Gasteiger partial charge in [0, 0.05) is 11.7 Å². The summed E-state index contributed by atoms with van der Waals surface area (Å²) in [6, 6.07) is 10.5. The van der Waals surface area contributed by atoms with Crippen molar-refractivity contribution in [3.05, 3.63) is 29.8 Å². The van der Waals surface area contributed by atoms with Gasteiger partial charge < -0.3 is 5.32 Å². The molecule has 0 unspecified atom stereocenters. The Hall–Kier alpha value is -1.42. The van der Waals surface area contributed by atoms with E-state index >= 15 is 0 Å². The van der Waals surface area contributed by atoms with E-state index < -0.39 is 0 Å². The van der Waals surface area contributed by atoms with Gasteiger partial charge in [-0.3, -0.25) is 0 Å². The lowest BCUT2D eigenvalue weighted by atomic mass is 10.1. The highest BCUT2D eigenvalue weighted by molar-refractivity contribution is 5.48. The van der Waals surface area contributed by atoms with Crippen LogP contribution < -0.4 is 5.32 Å². The first-order valence-electron chi connectivity index (χ1n) is 3.67. The number of benzene rings is 1. The van der Waals surface area contributed by atoms with Gasteiger partial charge in [-0.2, -0.15) is 0 Å². The topological polar surface area (TPSA) is 12.0 Å². The van der Waals surface area contributed by atoms with Gasteiger partial charge in [0.25, 0.3) is 0 Å². The van der Waals surface area contributed by atoms with Crippen LogP contribution in [0.2, 0.25) is 0 Å². The summed E-state index contributed by atoms with van der Waals surface area (Å²) in [6.07, 6.45) is 6.14. The highest BCUT2D eigenvalue weighted by atomic mass is 14.8. The van der Waals surface area contributed by atoms with Crippen molar-refractivity contribution in [2.24, 2.45) is 0 Å². The molecule has 1 nitrogen and oxygen atoms in total. The van der Waals surface area contributed by atoms with E-state index in [1.54, 1.807) is 0 Å². The molecule has 0 aliphatic carbocycles. The fourth-order valence-corrected chi connectivity index (χ4v) is 0.907. The molecule has 0 saturated heterocycles. The van der Waals surface area contributed by atoms with E-state index in [1.165, 1.54) is 5.56 Å². The summed E-state index contributed by atoms with van der Waals surface area (Å²) in [7, 11) is 0. The molecule has 56 valence electrons. The van der Waals surface area contributed by atoms with E-state index in [9.17, 15) is 0 Å². The zero-order valence-electron chi connectivity index (χ0n) is 6.59. The largest absolute Gasteiger partial charge is 0.315 e. The molecule has 1 heteroatoms. The first-order valence-corrected chi connectivity index (χ1v) is 3.67. The van der Waals surface area contributed by atoms with Crippen LogP contribution in [0, 0.1) is 12.5 Å². The molecule has 0 amide bonds. The molecule has 0 fully saturated rings. The van der Waals surface area contributed by atoms with Gasteiger partial charge >= 0.3 is 0 Å². The third kappa shape index (κ3) is 2.01. The first-order chi connectivity index (χ1) is 5.36. The second-order valence-electron chi connectivity index (χ2n) is 2.32. The van der Waals surface area contributed by atoms with Gasteiger partial charge in [-0.1, -0.05) is 25.5 Å². The van der Waals surface area contributed by atoms with Gasteiger partial charge in [-0.05, 0) is 24.1 Å². The Morgan fingerprint density at radius 3 is 2.45 bits per heavy atom. The quantitative estimate of drug-likeness (QED) is 0.497. The molecular formula is C10H11N. The Morgan fingerprint density at radius 2 is 2.00 bits per heavy atom. The second kappa shape index (κ2) is 3.68. The first kappa shape index (κ1) is 7.68. The van der Waals surface area contributed by atoms with Crippen molar-refractivity contribution in [2.75, 3.05) is 5.32 Å². The fourth-order valence-electron chi connectivity index (χ4n) is 0.907. The zero-order chi connectivity index (χ0) is 8.10. The number of nitrogens with one attached hydrogen (secondary N) is 1. The zero-order valence-corrected chi connectivity index (χ0v) is 6.59. The van der Waals surface area contributed by atoms with Crippen LogP contribution in [-0.2, 0) is 6.42 Å². The van der Waals surface area contributed by atoms with Crippen LogP contribution in [-0.4, -0.2) is 0 Å². The number of rotatable bonds is 2. The minimum atomic E-state index is 0.977. The van der Waals surface area contributed by atoms with Crippen molar-refractivity contribution in [3.63, 3.8) is 0 Å². The Kier molecular flexibility index (Phi) is 2.57. The molecule has 1 aromatic carbocycles. The van der Waals surface area contributed by atoms with Crippen LogP contribution >= 0.6 is 0 Å². The maximum absolute atomic E-state index is 5.07. The van der Waals surface area contributed by atoms with Gasteiger partial charge in [-0.25, -0.2) is 0 Å². The van der Waals surface area contributed by atoms with Gasteiger partial charge in [0.1, 0.15) is 0 Å². The second-order valence-corrected chi connectivity index (χ2v) is 2.32. The van der Waals surface area contributed by atoms with E-state index in [2.05, 4.69) is 30.4 Å². The molecule has 0 aromatic heterocycles. The molecule has 0 aliphatic heterocycles. The van der Waals surface area contributed by atoms with Crippen molar-refractivity contribution >= 4 is 5.69 Å². The molecule has 1 N–H and O–H groups in total. The summed E-state index contributed by atoms with van der Waals surface area (Å²) in [5.41, 5.74) is 2.30. The lowest BCUT2D eigenvalue weighted by Crippen LogP contribution is -1.87. The third-order valence-electron chi connectivity index (χ3n) is 1.58. The molecule has 0 atom stereocenters. The van der Waals surface area contributed by atoms with Crippen LogP contribution in [0.15, 0.2) is 24.3 Å². The van der Waals surface area contributed by atoms with E-state index in [4.69, 9.17) is 6.42 Å². The Labute approximate surface area is 67.4 Å². The van der Waals surface area contributed by atoms with Crippen molar-refractivity contribution in [2.45, 2.75) is 13.3 Å². The summed E-state index contributed by atoms with van der Waals surface area (Å²) >= 11 is 0. The van der Waals surface area contributed by atoms with E-state index in [1.807, 2.05) is 12.1 Å². The van der Waals surface area contributed by atoms with Crippen molar-refractivity contribution in [1.82, 2.24) is 0 Å². The van der Waals surface area contributed by atoms with Crippen LogP contribution in [0.5, 0.6) is 0 Å². The molecule has 1 aromatic rings. The molecule has 11 heavy (non-hydrogen) atoms. The minimum absolute atomic E-state index is 0.977. The fraction of sp³-hybridized carbons (Fsp3) is 0.200. The SMILES string of the molecule is C#CNc1ccc(CC)cc1. The average Bonchev–Trinajstić information content (AvgIpc) is 2.07. The maximum Gasteiger partial charge on any atom is 0.0459 e. The predicted molar refractivity (Wildman–Crippen MR) is 48.3 cm³/mol. The summed E-state index contributed by atoms with van der Waals surface area (Å²) in [5, 5.41) is 2.79. The molecule has 0 radical (unpaired) electrons. The molecule has 0 aliphatic rings. The van der Waals surface area contributed by atoms with Crippen LogP contribution in [0.25, 0.3) is 0 Å². The van der Waals surface area contributed by atoms with Crippen LogP contribution in [0.1, 0.15) is 12.5 Å². The van der Waals surface area contributed by atoms with Crippen molar-refractivity contribution in [3.8, 4) is 12.5 Å². The molecule has 0 spiro atoms. The number of terminal acetylenes is 1. The summed E-state index contributed by atoms with van der Waals surface area (Å²) in [5.74, 6) is 0. The van der Waals surface area contributed by atoms with Crippen LogP contribution in [0.4, 0.5) is 5.69 Å². The minimum Gasteiger partial charge on any atom is -0.315 e. The van der Waals surface area contributed by atoms with E-state index in [0.717, 1.165) is 12.1 Å². The van der Waals surface area contributed by atoms with Crippen molar-refractivity contribution in [1.29, 1.82) is 0 Å². The Balaban J connectivity index is 2.76. The molecule has 0 saturated carbocycles. The smallest absolute Gasteiger partial charge is 0.0459 e. The number of hydrogen-bond acceptors (Lipinski definition) is 1. The van der Waals surface area contributed by atoms with Gasteiger partial charge in [0.05, 0.1) is 0 Å². The van der Waals surface area contributed by atoms with Gasteiger partial charge in [0.15, 0.2) is 0 Å². The highest BCUT2D eigenvalue weighted by Crippen LogP contribution is 2.08. The Bertz CT molecular complexity index is 253. The monoisotopic (exact) mass is 145 g/mol. The Morgan fingerprint density at radius 1 is 1.36 bits per heavy atom. The summed E-state index contributed by atoms with van der Waals surface area (Å²) in [4.78, 5) is 0. The third-order valence-corrected chi connectivity index (χ3v) is 1.58. The molecule has 1 rings (SSSR count). The maximum atomic E-state index is 5.07. The van der Waals surface area contributed by atoms with E-state index in [-0.39, 0.29) is 0 Å². The normalized spacial score (nSPS) is 8.73. The van der Waals surface area contributed by atoms with Gasteiger partial charge in [-0.15, -0.1) is 0 Å². The highest BCUT2D eigenvalue weighted by Gasteiger charge is 1.88. The number of anilines is 1. The summed E-state index contributed by atoms with van der Waals surface area (Å²) in [6.45, 7) is 2.13. The molecule has 0 bridgehead atoms. The number of aryl methyl sites for hydroxylation is 1. The summed E-state index contributed by atoms with van der Waals surface area (Å²) < 4.78 is 0. The van der Waals surface area contributed by atoms with Crippen LogP contribution in [0.3, 0.4) is 0 Å². The molecular weight excluding hydrogens is 134 g/mol. The predicted octanol–water partition coefficient (Wildman–Crippen LogP) is 2.25.